The van der Waals surface area contributed by atoms with Crippen LogP contribution in [0.25, 0.3) is 0 Å². The fourth-order valence-corrected chi connectivity index (χ4v) is 2.80. The lowest BCUT2D eigenvalue weighted by Gasteiger charge is -2.31. The average molecular weight is 353 g/mol. The van der Waals surface area contributed by atoms with E-state index in [4.69, 9.17) is 15.0 Å². The lowest BCUT2D eigenvalue weighted by Crippen LogP contribution is -2.38. The second-order valence-corrected chi connectivity index (χ2v) is 6.15. The molecule has 2 aromatic rings. The second-order valence-electron chi connectivity index (χ2n) is 6.15. The minimum atomic E-state index is 0. The Morgan fingerprint density at radius 1 is 1.25 bits per heavy atom. The first-order chi connectivity index (χ1) is 11.1. The van der Waals surface area contributed by atoms with Crippen molar-refractivity contribution in [1.82, 2.24) is 15.0 Å². The summed E-state index contributed by atoms with van der Waals surface area (Å²) in [5.41, 5.74) is 8.05. The van der Waals surface area contributed by atoms with E-state index in [1.54, 1.807) is 0 Å². The third-order valence-corrected chi connectivity index (χ3v) is 4.37. The minimum absolute atomic E-state index is 0. The van der Waals surface area contributed by atoms with E-state index in [0.717, 1.165) is 31.7 Å². The van der Waals surface area contributed by atoms with Gasteiger partial charge in [0.2, 0.25) is 5.89 Å². The lowest BCUT2D eigenvalue weighted by molar-refractivity contribution is 0.0948. The Morgan fingerprint density at radius 3 is 2.62 bits per heavy atom. The molecule has 1 aliphatic rings. The van der Waals surface area contributed by atoms with Crippen molar-refractivity contribution in [1.29, 1.82) is 0 Å². The third-order valence-electron chi connectivity index (χ3n) is 4.37. The molecule has 3 rings (SSSR count). The molecule has 0 amide bonds. The number of rotatable bonds is 5. The quantitative estimate of drug-likeness (QED) is 0.891. The maximum absolute atomic E-state index is 6.12. The molecular weight excluding hydrogens is 328 g/mol. The molecule has 2 N–H and O–H groups in total. The third kappa shape index (κ3) is 4.69. The standard InChI is InChI=1S/C17H24N4O2.ClH/c1-12-3-4-15(9-13(12)2)22-14-5-7-21(8-6-14)11-16-19-17(10-18)23-20-16;/h3-4,9,14H,5-8,10-11,18H2,1-2H3;1H. The number of likely N-dealkylation sites (tertiary alicyclic amines) is 1. The van der Waals surface area contributed by atoms with Crippen molar-refractivity contribution in [2.24, 2.45) is 5.73 Å². The van der Waals surface area contributed by atoms with Crippen molar-refractivity contribution in [3.8, 4) is 5.75 Å². The lowest BCUT2D eigenvalue weighted by atomic mass is 10.1. The monoisotopic (exact) mass is 352 g/mol. The van der Waals surface area contributed by atoms with Crippen LogP contribution in [-0.4, -0.2) is 34.2 Å². The average Bonchev–Trinajstić information content (AvgIpc) is 3.00. The van der Waals surface area contributed by atoms with Crippen LogP contribution in [0.4, 0.5) is 0 Å². The molecular formula is C17H25ClN4O2. The number of nitrogens with two attached hydrogens (primary N) is 1. The van der Waals surface area contributed by atoms with E-state index >= 15 is 0 Å². The van der Waals surface area contributed by atoms with Gasteiger partial charge < -0.3 is 15.0 Å². The number of aromatic nitrogens is 2. The Labute approximate surface area is 148 Å². The molecule has 24 heavy (non-hydrogen) atoms. The summed E-state index contributed by atoms with van der Waals surface area (Å²) in [6.07, 6.45) is 2.29. The molecule has 132 valence electrons. The van der Waals surface area contributed by atoms with E-state index < -0.39 is 0 Å². The zero-order valence-corrected chi connectivity index (χ0v) is 15.0. The SMILES string of the molecule is Cc1ccc(OC2CCN(Cc3noc(CN)n3)CC2)cc1C.Cl. The summed E-state index contributed by atoms with van der Waals surface area (Å²) < 4.78 is 11.2. The largest absolute Gasteiger partial charge is 0.490 e. The number of benzene rings is 1. The van der Waals surface area contributed by atoms with Crippen molar-refractivity contribution < 1.29 is 9.26 Å². The highest BCUT2D eigenvalue weighted by atomic mass is 35.5. The number of aryl methyl sites for hydroxylation is 2. The molecule has 0 bridgehead atoms. The number of hydrogen-bond acceptors (Lipinski definition) is 6. The van der Waals surface area contributed by atoms with Crippen LogP contribution in [0.15, 0.2) is 22.7 Å². The fourth-order valence-electron chi connectivity index (χ4n) is 2.80. The van der Waals surface area contributed by atoms with Gasteiger partial charge in [-0.25, -0.2) is 0 Å². The van der Waals surface area contributed by atoms with Crippen LogP contribution in [0.3, 0.4) is 0 Å². The first-order valence-corrected chi connectivity index (χ1v) is 8.12. The first-order valence-electron chi connectivity index (χ1n) is 8.12. The highest BCUT2D eigenvalue weighted by molar-refractivity contribution is 5.85. The Hall–Kier alpha value is -1.63. The van der Waals surface area contributed by atoms with Crippen LogP contribution in [0, 0.1) is 13.8 Å². The molecule has 0 unspecified atom stereocenters. The predicted octanol–water partition coefficient (Wildman–Crippen LogP) is 2.61. The number of ether oxygens (including phenoxy) is 1. The number of nitrogens with zero attached hydrogens (tertiary/aromatic N) is 3. The van der Waals surface area contributed by atoms with Crippen molar-refractivity contribution in [3.05, 3.63) is 41.0 Å². The molecule has 0 spiro atoms. The molecule has 1 saturated heterocycles. The molecule has 2 heterocycles. The molecule has 1 fully saturated rings. The van der Waals surface area contributed by atoms with Crippen molar-refractivity contribution in [2.45, 2.75) is 45.9 Å². The summed E-state index contributed by atoms with van der Waals surface area (Å²) in [7, 11) is 0. The van der Waals surface area contributed by atoms with Gasteiger partial charge in [0, 0.05) is 13.1 Å². The van der Waals surface area contributed by atoms with E-state index in [1.165, 1.54) is 11.1 Å². The molecule has 0 radical (unpaired) electrons. The van der Waals surface area contributed by atoms with Gasteiger partial charge in [0.1, 0.15) is 11.9 Å². The molecule has 7 heteroatoms. The molecule has 1 aromatic carbocycles. The zero-order valence-electron chi connectivity index (χ0n) is 14.2. The van der Waals surface area contributed by atoms with Crippen LogP contribution < -0.4 is 10.5 Å². The van der Waals surface area contributed by atoms with Crippen molar-refractivity contribution in [2.75, 3.05) is 13.1 Å². The summed E-state index contributed by atoms with van der Waals surface area (Å²) in [5, 5.41) is 3.95. The van der Waals surface area contributed by atoms with Crippen LogP contribution in [0.5, 0.6) is 5.75 Å². The second kappa shape index (κ2) is 8.46. The molecule has 1 aromatic heterocycles. The molecule has 0 aliphatic carbocycles. The Balaban J connectivity index is 0.00000208. The van der Waals surface area contributed by atoms with E-state index in [2.05, 4.69) is 47.1 Å². The molecule has 0 atom stereocenters. The Morgan fingerprint density at radius 2 is 2.00 bits per heavy atom. The number of hydrogen-bond donors (Lipinski definition) is 1. The van der Waals surface area contributed by atoms with Gasteiger partial charge >= 0.3 is 0 Å². The van der Waals surface area contributed by atoms with Gasteiger partial charge in [0.15, 0.2) is 5.82 Å². The Kier molecular flexibility index (Phi) is 6.60. The van der Waals surface area contributed by atoms with Gasteiger partial charge in [-0.05, 0) is 49.9 Å². The van der Waals surface area contributed by atoms with Crippen LogP contribution in [-0.2, 0) is 13.1 Å². The van der Waals surface area contributed by atoms with Gasteiger partial charge in [0.25, 0.3) is 0 Å². The summed E-state index contributed by atoms with van der Waals surface area (Å²) in [6.45, 7) is 7.18. The maximum atomic E-state index is 6.12. The fraction of sp³-hybridized carbons (Fsp3) is 0.529. The number of piperidine rings is 1. The van der Waals surface area contributed by atoms with Gasteiger partial charge in [0.05, 0.1) is 13.1 Å². The summed E-state index contributed by atoms with van der Waals surface area (Å²) in [6, 6.07) is 6.29. The molecule has 1 aliphatic heterocycles. The van der Waals surface area contributed by atoms with E-state index in [1.807, 2.05) is 0 Å². The highest BCUT2D eigenvalue weighted by Crippen LogP contribution is 2.22. The summed E-state index contributed by atoms with van der Waals surface area (Å²) >= 11 is 0. The van der Waals surface area contributed by atoms with E-state index in [-0.39, 0.29) is 18.5 Å². The van der Waals surface area contributed by atoms with Crippen LogP contribution in [0.2, 0.25) is 0 Å². The minimum Gasteiger partial charge on any atom is -0.490 e. The topological polar surface area (TPSA) is 77.4 Å². The summed E-state index contributed by atoms with van der Waals surface area (Å²) in [4.78, 5) is 6.58. The molecule has 6 nitrogen and oxygen atoms in total. The molecule has 0 saturated carbocycles. The van der Waals surface area contributed by atoms with Crippen LogP contribution in [0.1, 0.15) is 35.7 Å². The smallest absolute Gasteiger partial charge is 0.240 e. The van der Waals surface area contributed by atoms with Gasteiger partial charge in [-0.3, -0.25) is 4.90 Å². The van der Waals surface area contributed by atoms with Crippen LogP contribution >= 0.6 is 12.4 Å². The maximum Gasteiger partial charge on any atom is 0.240 e. The van der Waals surface area contributed by atoms with E-state index in [9.17, 15) is 0 Å². The van der Waals surface area contributed by atoms with E-state index in [0.29, 0.717) is 24.8 Å². The number of halogens is 1. The van der Waals surface area contributed by atoms with Crippen molar-refractivity contribution >= 4 is 12.4 Å². The first kappa shape index (κ1) is 18.7. The zero-order chi connectivity index (χ0) is 16.2. The Bertz CT molecular complexity index is 654. The van der Waals surface area contributed by atoms with Gasteiger partial charge in [-0.15, -0.1) is 12.4 Å². The van der Waals surface area contributed by atoms with Gasteiger partial charge in [-0.2, -0.15) is 4.98 Å². The predicted molar refractivity (Wildman–Crippen MR) is 94.3 cm³/mol. The normalized spacial score (nSPS) is 16.0. The van der Waals surface area contributed by atoms with Crippen molar-refractivity contribution in [3.63, 3.8) is 0 Å². The van der Waals surface area contributed by atoms with Gasteiger partial charge in [-0.1, -0.05) is 11.2 Å². The highest BCUT2D eigenvalue weighted by Gasteiger charge is 2.22. The summed E-state index contributed by atoms with van der Waals surface area (Å²) in [5.74, 6) is 2.17.